The van der Waals surface area contributed by atoms with E-state index in [1.54, 1.807) is 36.4 Å². The highest BCUT2D eigenvalue weighted by molar-refractivity contribution is 9.10. The predicted octanol–water partition coefficient (Wildman–Crippen LogP) is 5.79. The first-order chi connectivity index (χ1) is 17.7. The van der Waals surface area contributed by atoms with E-state index in [9.17, 15) is 19.2 Å². The van der Waals surface area contributed by atoms with Gasteiger partial charge in [-0.15, -0.1) is 0 Å². The van der Waals surface area contributed by atoms with Crippen LogP contribution in [-0.2, 0) is 20.9 Å². The fraction of sp³-hybridized carbons (Fsp3) is 0.0769. The van der Waals surface area contributed by atoms with Crippen LogP contribution in [0.4, 0.5) is 10.5 Å². The molecule has 1 aliphatic rings. The van der Waals surface area contributed by atoms with E-state index in [1.165, 1.54) is 37.5 Å². The number of anilines is 1. The maximum absolute atomic E-state index is 13.1. The molecule has 1 fully saturated rings. The second-order valence-corrected chi connectivity index (χ2v) is 9.41. The minimum Gasteiger partial charge on any atom is -0.488 e. The number of amides is 4. The number of imide groups is 2. The topological polar surface area (TPSA) is 102 Å². The normalized spacial score (nSPS) is 14.5. The standard InChI is InChI=1S/C26H17BrCl2N2O6/c1-36-25(34)15-4-7-18(8-5-15)31-24(33)19(23(32)30-26(31)35)10-14-2-9-22(20(27)11-14)37-13-16-3-6-17(28)12-21(16)29/h2-12H,13H2,1H3,(H,30,32,35)/b19-10+. The van der Waals surface area contributed by atoms with Crippen molar-refractivity contribution in [1.82, 2.24) is 5.32 Å². The average Bonchev–Trinajstić information content (AvgIpc) is 2.86. The number of hydrogen-bond acceptors (Lipinski definition) is 6. The van der Waals surface area contributed by atoms with E-state index in [0.717, 1.165) is 10.5 Å². The molecule has 0 atom stereocenters. The summed E-state index contributed by atoms with van der Waals surface area (Å²) in [6.07, 6.45) is 1.37. The Kier molecular flexibility index (Phi) is 7.97. The zero-order chi connectivity index (χ0) is 26.7. The molecule has 37 heavy (non-hydrogen) atoms. The van der Waals surface area contributed by atoms with Crippen molar-refractivity contribution in [3.63, 3.8) is 0 Å². The fourth-order valence-corrected chi connectivity index (χ4v) is 4.42. The number of nitrogens with zero attached hydrogens (tertiary/aromatic N) is 1. The van der Waals surface area contributed by atoms with Crippen LogP contribution in [0.3, 0.4) is 0 Å². The first-order valence-corrected chi connectivity index (χ1v) is 12.2. The van der Waals surface area contributed by atoms with Crippen LogP contribution in [0, 0.1) is 0 Å². The number of ether oxygens (including phenoxy) is 2. The third-order valence-electron chi connectivity index (χ3n) is 5.31. The van der Waals surface area contributed by atoms with Gasteiger partial charge in [0.1, 0.15) is 17.9 Å². The highest BCUT2D eigenvalue weighted by Gasteiger charge is 2.36. The van der Waals surface area contributed by atoms with E-state index in [1.807, 2.05) is 0 Å². The van der Waals surface area contributed by atoms with Crippen LogP contribution in [0.2, 0.25) is 10.0 Å². The molecule has 4 amide bonds. The predicted molar refractivity (Wildman–Crippen MR) is 142 cm³/mol. The molecule has 8 nitrogen and oxygen atoms in total. The molecular weight excluding hydrogens is 587 g/mol. The molecule has 3 aromatic carbocycles. The lowest BCUT2D eigenvalue weighted by molar-refractivity contribution is -0.122. The van der Waals surface area contributed by atoms with Gasteiger partial charge in [-0.25, -0.2) is 14.5 Å². The Morgan fingerprint density at radius 1 is 1.03 bits per heavy atom. The van der Waals surface area contributed by atoms with Gasteiger partial charge in [0.15, 0.2) is 0 Å². The molecule has 0 spiro atoms. The summed E-state index contributed by atoms with van der Waals surface area (Å²) in [5.41, 5.74) is 1.44. The molecule has 11 heteroatoms. The SMILES string of the molecule is COC(=O)c1ccc(N2C(=O)NC(=O)/C(=C\c3ccc(OCc4ccc(Cl)cc4Cl)c(Br)c3)C2=O)cc1. The van der Waals surface area contributed by atoms with Crippen LogP contribution in [0.15, 0.2) is 70.7 Å². The van der Waals surface area contributed by atoms with Gasteiger partial charge in [-0.1, -0.05) is 35.3 Å². The average molecular weight is 604 g/mol. The highest BCUT2D eigenvalue weighted by Crippen LogP contribution is 2.30. The molecule has 0 radical (unpaired) electrons. The maximum Gasteiger partial charge on any atom is 0.337 e. The van der Waals surface area contributed by atoms with Crippen LogP contribution in [0.1, 0.15) is 21.5 Å². The second kappa shape index (κ2) is 11.2. The summed E-state index contributed by atoms with van der Waals surface area (Å²) < 4.78 is 11.0. The number of carbonyl (C=O) groups excluding carboxylic acids is 4. The van der Waals surface area contributed by atoms with Gasteiger partial charge in [0.05, 0.1) is 22.8 Å². The monoisotopic (exact) mass is 602 g/mol. The Morgan fingerprint density at radius 2 is 1.76 bits per heavy atom. The summed E-state index contributed by atoms with van der Waals surface area (Å²) in [4.78, 5) is 50.5. The lowest BCUT2D eigenvalue weighted by atomic mass is 10.1. The van der Waals surface area contributed by atoms with Crippen molar-refractivity contribution >= 4 is 74.7 Å². The van der Waals surface area contributed by atoms with Crippen LogP contribution < -0.4 is 15.0 Å². The van der Waals surface area contributed by atoms with Gasteiger partial charge in [-0.05, 0) is 76.1 Å². The Morgan fingerprint density at radius 3 is 2.41 bits per heavy atom. The molecule has 4 rings (SSSR count). The summed E-state index contributed by atoms with van der Waals surface area (Å²) in [7, 11) is 1.24. The Balaban J connectivity index is 1.55. The second-order valence-electron chi connectivity index (χ2n) is 7.71. The van der Waals surface area contributed by atoms with Crippen LogP contribution in [0.5, 0.6) is 5.75 Å². The Labute approximate surface area is 229 Å². The van der Waals surface area contributed by atoms with Crippen molar-refractivity contribution in [3.05, 3.63) is 97.4 Å². The number of carbonyl (C=O) groups is 4. The summed E-state index contributed by atoms with van der Waals surface area (Å²) in [5, 5.41) is 3.16. The summed E-state index contributed by atoms with van der Waals surface area (Å²) in [5.74, 6) is -1.69. The van der Waals surface area contributed by atoms with E-state index in [0.29, 0.717) is 25.8 Å². The minimum absolute atomic E-state index is 0.180. The summed E-state index contributed by atoms with van der Waals surface area (Å²) >= 11 is 15.5. The quantitative estimate of drug-likeness (QED) is 0.217. The third-order valence-corrected chi connectivity index (χ3v) is 6.52. The number of methoxy groups -OCH3 is 1. The fourth-order valence-electron chi connectivity index (χ4n) is 3.44. The number of hydrogen-bond donors (Lipinski definition) is 1. The number of esters is 1. The smallest absolute Gasteiger partial charge is 0.337 e. The molecule has 3 aromatic rings. The van der Waals surface area contributed by atoms with Crippen molar-refractivity contribution in [2.45, 2.75) is 6.61 Å². The van der Waals surface area contributed by atoms with Crippen LogP contribution in [0.25, 0.3) is 6.08 Å². The zero-order valence-corrected chi connectivity index (χ0v) is 22.2. The molecule has 1 N–H and O–H groups in total. The minimum atomic E-state index is -0.899. The van der Waals surface area contributed by atoms with Crippen molar-refractivity contribution in [2.75, 3.05) is 12.0 Å². The van der Waals surface area contributed by atoms with Crippen molar-refractivity contribution < 1.29 is 28.7 Å². The molecular formula is C26H17BrCl2N2O6. The lowest BCUT2D eigenvalue weighted by Gasteiger charge is -2.26. The van der Waals surface area contributed by atoms with Gasteiger partial charge in [-0.3, -0.25) is 14.9 Å². The zero-order valence-electron chi connectivity index (χ0n) is 19.1. The van der Waals surface area contributed by atoms with Crippen LogP contribution >= 0.6 is 39.1 Å². The Hall–Kier alpha value is -3.66. The Bertz CT molecular complexity index is 1460. The van der Waals surface area contributed by atoms with E-state index in [4.69, 9.17) is 27.9 Å². The molecule has 1 saturated heterocycles. The van der Waals surface area contributed by atoms with E-state index in [2.05, 4.69) is 26.0 Å². The number of urea groups is 1. The summed E-state index contributed by atoms with van der Waals surface area (Å²) in [6, 6.07) is 14.8. The lowest BCUT2D eigenvalue weighted by Crippen LogP contribution is -2.54. The molecule has 0 bridgehead atoms. The molecule has 0 unspecified atom stereocenters. The van der Waals surface area contributed by atoms with Crippen LogP contribution in [-0.4, -0.2) is 30.9 Å². The molecule has 188 valence electrons. The highest BCUT2D eigenvalue weighted by atomic mass is 79.9. The number of barbiturate groups is 1. The third kappa shape index (κ3) is 5.85. The van der Waals surface area contributed by atoms with Gasteiger partial charge < -0.3 is 9.47 Å². The molecule has 0 aromatic heterocycles. The molecule has 1 heterocycles. The first kappa shape index (κ1) is 26.4. The van der Waals surface area contributed by atoms with Gasteiger partial charge in [0.2, 0.25) is 0 Å². The maximum atomic E-state index is 13.1. The van der Waals surface area contributed by atoms with Gasteiger partial charge in [-0.2, -0.15) is 0 Å². The van der Waals surface area contributed by atoms with E-state index in [-0.39, 0.29) is 23.4 Å². The van der Waals surface area contributed by atoms with E-state index >= 15 is 0 Å². The largest absolute Gasteiger partial charge is 0.488 e. The van der Waals surface area contributed by atoms with Gasteiger partial charge >= 0.3 is 12.0 Å². The first-order valence-electron chi connectivity index (χ1n) is 10.6. The van der Waals surface area contributed by atoms with Crippen molar-refractivity contribution in [1.29, 1.82) is 0 Å². The molecule has 1 aliphatic heterocycles. The van der Waals surface area contributed by atoms with Gasteiger partial charge in [0.25, 0.3) is 11.8 Å². The van der Waals surface area contributed by atoms with Crippen molar-refractivity contribution in [2.24, 2.45) is 0 Å². The number of rotatable bonds is 6. The molecule has 0 saturated carbocycles. The molecule has 0 aliphatic carbocycles. The van der Waals surface area contributed by atoms with E-state index < -0.39 is 23.8 Å². The summed E-state index contributed by atoms with van der Waals surface area (Å²) in [6.45, 7) is 0.196. The number of nitrogens with one attached hydrogen (secondary N) is 1. The number of halogens is 3. The number of benzene rings is 3. The van der Waals surface area contributed by atoms with Crippen molar-refractivity contribution in [3.8, 4) is 5.75 Å². The van der Waals surface area contributed by atoms with Gasteiger partial charge in [0, 0.05) is 15.6 Å².